The summed E-state index contributed by atoms with van der Waals surface area (Å²) < 4.78 is 1.60. The van der Waals surface area contributed by atoms with Crippen molar-refractivity contribution in [2.24, 2.45) is 0 Å². The Morgan fingerprint density at radius 1 is 1.22 bits per heavy atom. The predicted molar refractivity (Wildman–Crippen MR) is 89.6 cm³/mol. The molecule has 1 aromatic carbocycles. The van der Waals surface area contributed by atoms with Gasteiger partial charge in [-0.15, -0.1) is 15.3 Å². The summed E-state index contributed by atoms with van der Waals surface area (Å²) in [4.78, 5) is 12.2. The van der Waals surface area contributed by atoms with Gasteiger partial charge in [-0.2, -0.15) is 0 Å². The van der Waals surface area contributed by atoms with E-state index in [1.807, 2.05) is 39.8 Å². The molecule has 0 saturated heterocycles. The smallest absolute Gasteiger partial charge is 0.248 e. The number of aryl methyl sites for hydroxylation is 2. The SMILES string of the molecule is Cc1cc2nnn(CC(=O)Nc3nnc(C(C)C)s3)c2cc1C. The second-order valence-electron chi connectivity index (χ2n) is 5.82. The maximum atomic E-state index is 12.2. The third kappa shape index (κ3) is 3.21. The van der Waals surface area contributed by atoms with E-state index in [1.165, 1.54) is 11.3 Å². The first-order chi connectivity index (χ1) is 10.9. The number of amides is 1. The maximum Gasteiger partial charge on any atom is 0.248 e. The van der Waals surface area contributed by atoms with E-state index in [0.717, 1.165) is 27.2 Å². The molecule has 0 fully saturated rings. The third-order valence-corrected chi connectivity index (χ3v) is 4.74. The molecule has 8 heteroatoms. The monoisotopic (exact) mass is 330 g/mol. The van der Waals surface area contributed by atoms with Gasteiger partial charge >= 0.3 is 0 Å². The minimum absolute atomic E-state index is 0.0929. The molecule has 23 heavy (non-hydrogen) atoms. The first-order valence-corrected chi connectivity index (χ1v) is 8.19. The Labute approximate surface area is 137 Å². The molecular formula is C15H18N6OS. The van der Waals surface area contributed by atoms with Crippen LogP contribution in [0.3, 0.4) is 0 Å². The Hall–Kier alpha value is -2.35. The molecule has 0 radical (unpaired) electrons. The fourth-order valence-electron chi connectivity index (χ4n) is 2.15. The van der Waals surface area contributed by atoms with Crippen LogP contribution in [0.25, 0.3) is 11.0 Å². The lowest BCUT2D eigenvalue weighted by Gasteiger charge is -2.04. The van der Waals surface area contributed by atoms with Crippen LogP contribution in [0.5, 0.6) is 0 Å². The molecule has 3 aromatic rings. The highest BCUT2D eigenvalue weighted by Crippen LogP contribution is 2.22. The van der Waals surface area contributed by atoms with E-state index in [9.17, 15) is 4.79 Å². The summed E-state index contributed by atoms with van der Waals surface area (Å²) in [6.07, 6.45) is 0. The van der Waals surface area contributed by atoms with E-state index in [2.05, 4.69) is 25.8 Å². The summed E-state index contributed by atoms with van der Waals surface area (Å²) in [5.74, 6) is 0.102. The van der Waals surface area contributed by atoms with Crippen molar-refractivity contribution in [2.45, 2.75) is 40.2 Å². The van der Waals surface area contributed by atoms with E-state index in [1.54, 1.807) is 4.68 Å². The molecule has 0 aliphatic carbocycles. The van der Waals surface area contributed by atoms with Crippen LogP contribution < -0.4 is 5.32 Å². The normalized spacial score (nSPS) is 11.3. The van der Waals surface area contributed by atoms with Crippen molar-refractivity contribution in [1.82, 2.24) is 25.2 Å². The molecular weight excluding hydrogens is 312 g/mol. The zero-order valence-corrected chi connectivity index (χ0v) is 14.3. The summed E-state index contributed by atoms with van der Waals surface area (Å²) >= 11 is 1.39. The molecule has 1 amide bonds. The van der Waals surface area contributed by atoms with Gasteiger partial charge in [-0.25, -0.2) is 4.68 Å². The first-order valence-electron chi connectivity index (χ1n) is 7.37. The lowest BCUT2D eigenvalue weighted by Crippen LogP contribution is -2.19. The summed E-state index contributed by atoms with van der Waals surface area (Å²) in [5.41, 5.74) is 3.94. The average molecular weight is 330 g/mol. The summed E-state index contributed by atoms with van der Waals surface area (Å²) in [7, 11) is 0. The summed E-state index contributed by atoms with van der Waals surface area (Å²) in [6, 6.07) is 3.98. The number of aromatic nitrogens is 5. The number of hydrogen-bond donors (Lipinski definition) is 1. The van der Waals surface area contributed by atoms with Gasteiger partial charge in [0.2, 0.25) is 11.0 Å². The standard InChI is InChI=1S/C15H18N6OS/c1-8(2)14-18-19-15(23-14)16-13(22)7-21-12-6-10(4)9(3)5-11(12)17-20-21/h5-6,8H,7H2,1-4H3,(H,16,19,22). The zero-order chi connectivity index (χ0) is 16.6. The molecule has 2 aromatic heterocycles. The number of carbonyl (C=O) groups excluding carboxylic acids is 1. The van der Waals surface area contributed by atoms with Crippen LogP contribution in [-0.4, -0.2) is 31.1 Å². The molecule has 0 saturated carbocycles. The zero-order valence-electron chi connectivity index (χ0n) is 13.5. The Morgan fingerprint density at radius 3 is 2.65 bits per heavy atom. The number of benzene rings is 1. The fraction of sp³-hybridized carbons (Fsp3) is 0.400. The van der Waals surface area contributed by atoms with E-state index in [-0.39, 0.29) is 12.5 Å². The Balaban J connectivity index is 1.76. The van der Waals surface area contributed by atoms with Crippen molar-refractivity contribution in [1.29, 1.82) is 0 Å². The summed E-state index contributed by atoms with van der Waals surface area (Å²) in [6.45, 7) is 8.23. The quantitative estimate of drug-likeness (QED) is 0.795. The minimum Gasteiger partial charge on any atom is -0.299 e. The van der Waals surface area contributed by atoms with Gasteiger partial charge in [0.25, 0.3) is 0 Å². The van der Waals surface area contributed by atoms with E-state index >= 15 is 0 Å². The van der Waals surface area contributed by atoms with E-state index in [4.69, 9.17) is 0 Å². The largest absolute Gasteiger partial charge is 0.299 e. The van der Waals surface area contributed by atoms with E-state index in [0.29, 0.717) is 11.0 Å². The Kier molecular flexibility index (Phi) is 4.08. The van der Waals surface area contributed by atoms with Crippen LogP contribution in [0.4, 0.5) is 5.13 Å². The Bertz CT molecular complexity index is 866. The number of anilines is 1. The number of carbonyl (C=O) groups is 1. The highest BCUT2D eigenvalue weighted by Gasteiger charge is 2.13. The maximum absolute atomic E-state index is 12.2. The van der Waals surface area contributed by atoms with Gasteiger partial charge in [0.1, 0.15) is 17.1 Å². The van der Waals surface area contributed by atoms with Crippen molar-refractivity contribution in [3.8, 4) is 0 Å². The number of nitrogens with zero attached hydrogens (tertiary/aromatic N) is 5. The third-order valence-electron chi connectivity index (χ3n) is 3.60. The second-order valence-corrected chi connectivity index (χ2v) is 6.83. The topological polar surface area (TPSA) is 85.6 Å². The van der Waals surface area contributed by atoms with Crippen molar-refractivity contribution in [3.05, 3.63) is 28.3 Å². The highest BCUT2D eigenvalue weighted by atomic mass is 32.1. The van der Waals surface area contributed by atoms with Crippen LogP contribution in [0.1, 0.15) is 35.9 Å². The van der Waals surface area contributed by atoms with Crippen LogP contribution in [0, 0.1) is 13.8 Å². The van der Waals surface area contributed by atoms with Gasteiger partial charge in [-0.3, -0.25) is 10.1 Å². The van der Waals surface area contributed by atoms with Crippen molar-refractivity contribution >= 4 is 33.4 Å². The first kappa shape index (κ1) is 15.5. The lowest BCUT2D eigenvalue weighted by atomic mass is 10.1. The fourth-order valence-corrected chi connectivity index (χ4v) is 2.91. The van der Waals surface area contributed by atoms with Gasteiger partial charge in [0, 0.05) is 5.92 Å². The molecule has 0 bridgehead atoms. The van der Waals surface area contributed by atoms with Crippen LogP contribution >= 0.6 is 11.3 Å². The molecule has 0 atom stereocenters. The predicted octanol–water partition coefficient (Wildman–Crippen LogP) is 2.66. The highest BCUT2D eigenvalue weighted by molar-refractivity contribution is 7.15. The number of fused-ring (bicyclic) bond motifs is 1. The van der Waals surface area contributed by atoms with Crippen LogP contribution in [0.15, 0.2) is 12.1 Å². The van der Waals surface area contributed by atoms with Crippen molar-refractivity contribution in [2.75, 3.05) is 5.32 Å². The van der Waals surface area contributed by atoms with Crippen LogP contribution in [0.2, 0.25) is 0 Å². The van der Waals surface area contributed by atoms with Crippen molar-refractivity contribution in [3.63, 3.8) is 0 Å². The van der Waals surface area contributed by atoms with E-state index < -0.39 is 0 Å². The number of nitrogens with one attached hydrogen (secondary N) is 1. The number of rotatable bonds is 4. The molecule has 7 nitrogen and oxygen atoms in total. The molecule has 0 aliphatic heterocycles. The molecule has 120 valence electrons. The van der Waals surface area contributed by atoms with Crippen LogP contribution in [-0.2, 0) is 11.3 Å². The van der Waals surface area contributed by atoms with Gasteiger partial charge in [-0.1, -0.05) is 30.4 Å². The Morgan fingerprint density at radius 2 is 1.96 bits per heavy atom. The lowest BCUT2D eigenvalue weighted by molar-refractivity contribution is -0.116. The molecule has 2 heterocycles. The second kappa shape index (κ2) is 6.04. The van der Waals surface area contributed by atoms with Gasteiger partial charge in [0.15, 0.2) is 0 Å². The minimum atomic E-state index is -0.193. The average Bonchev–Trinajstić information content (AvgIpc) is 3.08. The van der Waals surface area contributed by atoms with Gasteiger partial charge in [0.05, 0.1) is 5.52 Å². The molecule has 0 unspecified atom stereocenters. The molecule has 1 N–H and O–H groups in total. The van der Waals surface area contributed by atoms with Crippen molar-refractivity contribution < 1.29 is 4.79 Å². The number of hydrogen-bond acceptors (Lipinski definition) is 6. The summed E-state index contributed by atoms with van der Waals surface area (Å²) in [5, 5.41) is 20.4. The van der Waals surface area contributed by atoms with Gasteiger partial charge in [-0.05, 0) is 37.1 Å². The molecule has 0 aliphatic rings. The van der Waals surface area contributed by atoms with Gasteiger partial charge < -0.3 is 0 Å². The molecule has 3 rings (SSSR count). The molecule has 0 spiro atoms.